The maximum Gasteiger partial charge on any atom is 0.251 e. The maximum absolute atomic E-state index is 12.1. The topological polar surface area (TPSA) is 51.2 Å². The van der Waals surface area contributed by atoms with Gasteiger partial charge in [-0.15, -0.1) is 11.3 Å². The molecule has 0 fully saturated rings. The minimum Gasteiger partial charge on any atom is -0.497 e. The van der Waals surface area contributed by atoms with Gasteiger partial charge in [0.2, 0.25) is 0 Å². The van der Waals surface area contributed by atoms with Gasteiger partial charge in [-0.1, -0.05) is 0 Å². The van der Waals surface area contributed by atoms with E-state index in [-0.39, 0.29) is 11.9 Å². The molecule has 0 spiro atoms. The number of benzene rings is 1. The van der Waals surface area contributed by atoms with Crippen molar-refractivity contribution < 1.29 is 9.53 Å². The second-order valence-corrected chi connectivity index (χ2v) is 5.28. The van der Waals surface area contributed by atoms with Crippen molar-refractivity contribution in [3.05, 3.63) is 45.9 Å². The minimum absolute atomic E-state index is 0.0976. The van der Waals surface area contributed by atoms with Crippen LogP contribution in [-0.4, -0.2) is 18.0 Å². The van der Waals surface area contributed by atoms with Crippen molar-refractivity contribution in [3.8, 4) is 5.75 Å². The lowest BCUT2D eigenvalue weighted by atomic mass is 10.2. The Morgan fingerprint density at radius 3 is 2.58 bits per heavy atom. The number of nitrogens with zero attached hydrogens (tertiary/aromatic N) is 1. The number of hydrogen-bond acceptors (Lipinski definition) is 4. The highest BCUT2D eigenvalue weighted by Crippen LogP contribution is 2.17. The van der Waals surface area contributed by atoms with Crippen LogP contribution in [0, 0.1) is 6.92 Å². The summed E-state index contributed by atoms with van der Waals surface area (Å²) >= 11 is 1.58. The number of methoxy groups -OCH3 is 1. The van der Waals surface area contributed by atoms with Crippen LogP contribution >= 0.6 is 11.3 Å². The van der Waals surface area contributed by atoms with Gasteiger partial charge in [-0.3, -0.25) is 4.79 Å². The molecule has 1 unspecified atom stereocenters. The summed E-state index contributed by atoms with van der Waals surface area (Å²) in [7, 11) is 1.60. The van der Waals surface area contributed by atoms with E-state index in [2.05, 4.69) is 10.3 Å². The first kappa shape index (κ1) is 13.5. The molecule has 1 heterocycles. The molecule has 0 saturated carbocycles. The lowest BCUT2D eigenvalue weighted by Gasteiger charge is -2.11. The van der Waals surface area contributed by atoms with Gasteiger partial charge in [0, 0.05) is 10.9 Å². The van der Waals surface area contributed by atoms with Gasteiger partial charge in [-0.2, -0.15) is 0 Å². The van der Waals surface area contributed by atoms with Crippen LogP contribution in [0.25, 0.3) is 0 Å². The molecule has 5 heteroatoms. The van der Waals surface area contributed by atoms with Crippen LogP contribution in [0.2, 0.25) is 0 Å². The van der Waals surface area contributed by atoms with Crippen molar-refractivity contribution in [1.82, 2.24) is 10.3 Å². The number of amides is 1. The highest BCUT2D eigenvalue weighted by Gasteiger charge is 2.13. The number of aryl methyl sites for hydroxylation is 1. The molecule has 0 radical (unpaired) electrons. The molecule has 2 aromatic rings. The number of hydrogen-bond donors (Lipinski definition) is 1. The Kier molecular flexibility index (Phi) is 4.16. The predicted molar refractivity (Wildman–Crippen MR) is 75.7 cm³/mol. The van der Waals surface area contributed by atoms with Crippen molar-refractivity contribution in [2.24, 2.45) is 0 Å². The first-order valence-corrected chi connectivity index (χ1v) is 6.85. The lowest BCUT2D eigenvalue weighted by molar-refractivity contribution is 0.0939. The molecule has 1 amide bonds. The maximum atomic E-state index is 12.1. The van der Waals surface area contributed by atoms with Crippen LogP contribution in [0.1, 0.15) is 34.0 Å². The highest BCUT2D eigenvalue weighted by molar-refractivity contribution is 7.09. The molecule has 1 aromatic carbocycles. The first-order valence-electron chi connectivity index (χ1n) is 5.97. The molecule has 2 rings (SSSR count). The fraction of sp³-hybridized carbons (Fsp3) is 0.286. The zero-order valence-corrected chi connectivity index (χ0v) is 12.0. The Morgan fingerprint density at radius 1 is 1.37 bits per heavy atom. The van der Waals surface area contributed by atoms with Crippen molar-refractivity contribution >= 4 is 17.2 Å². The quantitative estimate of drug-likeness (QED) is 0.934. The van der Waals surface area contributed by atoms with E-state index in [0.29, 0.717) is 5.56 Å². The molecule has 0 saturated heterocycles. The van der Waals surface area contributed by atoms with Gasteiger partial charge in [-0.05, 0) is 38.1 Å². The third-order valence-electron chi connectivity index (χ3n) is 2.78. The molecule has 4 nitrogen and oxygen atoms in total. The normalized spacial score (nSPS) is 11.9. The zero-order valence-electron chi connectivity index (χ0n) is 11.1. The molecule has 1 aromatic heterocycles. The van der Waals surface area contributed by atoms with E-state index in [4.69, 9.17) is 4.74 Å². The van der Waals surface area contributed by atoms with Crippen LogP contribution in [0.15, 0.2) is 29.6 Å². The Bertz CT molecular complexity index is 563. The molecule has 0 aliphatic rings. The molecule has 0 aliphatic carbocycles. The smallest absolute Gasteiger partial charge is 0.251 e. The number of carbonyl (C=O) groups excluding carboxylic acids is 1. The molecular weight excluding hydrogens is 260 g/mol. The second-order valence-electron chi connectivity index (χ2n) is 4.22. The summed E-state index contributed by atoms with van der Waals surface area (Å²) in [6, 6.07) is 6.93. The van der Waals surface area contributed by atoms with Crippen LogP contribution in [0.5, 0.6) is 5.75 Å². The standard InChI is InChI=1S/C14H16N2O2S/c1-9(13-8-19-10(2)16-13)15-14(17)11-4-6-12(18-3)7-5-11/h4-9H,1-3H3,(H,15,17). The van der Waals surface area contributed by atoms with Gasteiger partial charge in [0.05, 0.1) is 23.9 Å². The number of aromatic nitrogens is 1. The summed E-state index contributed by atoms with van der Waals surface area (Å²) in [6.07, 6.45) is 0. The largest absolute Gasteiger partial charge is 0.497 e. The zero-order chi connectivity index (χ0) is 13.8. The van der Waals surface area contributed by atoms with Crippen molar-refractivity contribution in [2.75, 3.05) is 7.11 Å². The fourth-order valence-corrected chi connectivity index (χ4v) is 2.38. The van der Waals surface area contributed by atoms with Gasteiger partial charge in [-0.25, -0.2) is 4.98 Å². The molecule has 1 N–H and O–H groups in total. The van der Waals surface area contributed by atoms with Gasteiger partial charge in [0.15, 0.2) is 0 Å². The first-order chi connectivity index (χ1) is 9.10. The van der Waals surface area contributed by atoms with Crippen LogP contribution in [0.4, 0.5) is 0 Å². The number of rotatable bonds is 4. The number of nitrogens with one attached hydrogen (secondary N) is 1. The van der Waals surface area contributed by atoms with Crippen LogP contribution < -0.4 is 10.1 Å². The Morgan fingerprint density at radius 2 is 2.05 bits per heavy atom. The molecule has 0 bridgehead atoms. The van der Waals surface area contributed by atoms with Crippen molar-refractivity contribution in [3.63, 3.8) is 0 Å². The molecule has 1 atom stereocenters. The monoisotopic (exact) mass is 276 g/mol. The average molecular weight is 276 g/mol. The van der Waals surface area contributed by atoms with E-state index in [0.717, 1.165) is 16.5 Å². The third kappa shape index (κ3) is 3.32. The van der Waals surface area contributed by atoms with Gasteiger partial charge < -0.3 is 10.1 Å². The van der Waals surface area contributed by atoms with E-state index in [1.165, 1.54) is 0 Å². The highest BCUT2D eigenvalue weighted by atomic mass is 32.1. The second kappa shape index (κ2) is 5.84. The summed E-state index contributed by atoms with van der Waals surface area (Å²) in [5.74, 6) is 0.625. The summed E-state index contributed by atoms with van der Waals surface area (Å²) in [5, 5.41) is 5.89. The summed E-state index contributed by atoms with van der Waals surface area (Å²) < 4.78 is 5.06. The van der Waals surface area contributed by atoms with Gasteiger partial charge in [0.1, 0.15) is 5.75 Å². The Balaban J connectivity index is 2.03. The molecule has 19 heavy (non-hydrogen) atoms. The van der Waals surface area contributed by atoms with Gasteiger partial charge >= 0.3 is 0 Å². The molecular formula is C14H16N2O2S. The van der Waals surface area contributed by atoms with Crippen LogP contribution in [-0.2, 0) is 0 Å². The van der Waals surface area contributed by atoms with E-state index in [9.17, 15) is 4.79 Å². The van der Waals surface area contributed by atoms with Crippen molar-refractivity contribution in [1.29, 1.82) is 0 Å². The molecule has 0 aliphatic heterocycles. The van der Waals surface area contributed by atoms with E-state index in [1.807, 2.05) is 19.2 Å². The number of thiazole rings is 1. The third-order valence-corrected chi connectivity index (χ3v) is 3.57. The summed E-state index contributed by atoms with van der Waals surface area (Å²) in [5.41, 5.74) is 1.50. The number of ether oxygens (including phenoxy) is 1. The van der Waals surface area contributed by atoms with Crippen molar-refractivity contribution in [2.45, 2.75) is 19.9 Å². The Hall–Kier alpha value is -1.88. The van der Waals surface area contributed by atoms with E-state index < -0.39 is 0 Å². The molecule has 100 valence electrons. The number of carbonyl (C=O) groups is 1. The average Bonchev–Trinajstić information content (AvgIpc) is 2.85. The van der Waals surface area contributed by atoms with E-state index >= 15 is 0 Å². The Labute approximate surface area is 116 Å². The SMILES string of the molecule is COc1ccc(C(=O)NC(C)c2csc(C)n2)cc1. The van der Waals surface area contributed by atoms with Crippen LogP contribution in [0.3, 0.4) is 0 Å². The summed E-state index contributed by atoms with van der Waals surface area (Å²) in [4.78, 5) is 16.4. The summed E-state index contributed by atoms with van der Waals surface area (Å²) in [6.45, 7) is 3.88. The minimum atomic E-state index is -0.110. The predicted octanol–water partition coefficient (Wildman–Crippen LogP) is 2.95. The lowest BCUT2D eigenvalue weighted by Crippen LogP contribution is -2.26. The van der Waals surface area contributed by atoms with Gasteiger partial charge in [0.25, 0.3) is 5.91 Å². The van der Waals surface area contributed by atoms with E-state index in [1.54, 1.807) is 42.7 Å². The fourth-order valence-electron chi connectivity index (χ4n) is 1.68.